The number of nitrogens with one attached hydrogen (secondary N) is 1. The second-order valence-corrected chi connectivity index (χ2v) is 6.49. The van der Waals surface area contributed by atoms with Gasteiger partial charge in [-0.2, -0.15) is 4.37 Å². The predicted octanol–water partition coefficient (Wildman–Crippen LogP) is 4.04. The summed E-state index contributed by atoms with van der Waals surface area (Å²) in [6.07, 6.45) is 2.51. The van der Waals surface area contributed by atoms with Crippen LogP contribution in [0.3, 0.4) is 0 Å². The van der Waals surface area contributed by atoms with E-state index in [0.29, 0.717) is 17.5 Å². The van der Waals surface area contributed by atoms with Gasteiger partial charge in [-0.15, -0.1) is 0 Å². The van der Waals surface area contributed by atoms with Crippen molar-refractivity contribution in [3.05, 3.63) is 41.7 Å². The Labute approximate surface area is 132 Å². The van der Waals surface area contributed by atoms with E-state index in [2.05, 4.69) is 28.5 Å². The van der Waals surface area contributed by atoms with E-state index in [-0.39, 0.29) is 11.7 Å². The van der Waals surface area contributed by atoms with Crippen LogP contribution in [0.1, 0.15) is 36.0 Å². The van der Waals surface area contributed by atoms with E-state index in [1.165, 1.54) is 11.5 Å². The number of carbonyl (C=O) groups excluding carboxylic acids is 1. The minimum atomic E-state index is -0.275. The summed E-state index contributed by atoms with van der Waals surface area (Å²) in [5.74, 6) is 1.04. The van der Waals surface area contributed by atoms with Gasteiger partial charge in [0.25, 0.3) is 5.91 Å². The summed E-state index contributed by atoms with van der Waals surface area (Å²) in [6, 6.07) is 5.71. The maximum atomic E-state index is 12.4. The van der Waals surface area contributed by atoms with E-state index in [4.69, 9.17) is 4.42 Å². The lowest BCUT2D eigenvalue weighted by atomic mass is 10.1. The van der Waals surface area contributed by atoms with Crippen LogP contribution in [-0.2, 0) is 6.42 Å². The average molecular weight is 315 g/mol. The highest BCUT2D eigenvalue weighted by Crippen LogP contribution is 2.23. The highest BCUT2D eigenvalue weighted by Gasteiger charge is 2.18. The van der Waals surface area contributed by atoms with Crippen LogP contribution in [0.25, 0.3) is 10.1 Å². The van der Waals surface area contributed by atoms with Crippen molar-refractivity contribution in [3.63, 3.8) is 0 Å². The molecule has 1 amide bonds. The van der Waals surface area contributed by atoms with Crippen molar-refractivity contribution in [1.29, 1.82) is 0 Å². The molecule has 2 aromatic heterocycles. The molecule has 114 valence electrons. The molecule has 1 aromatic carbocycles. The SMILES string of the molecule is Cc1nc(CC(C)C)oc1C(=O)Nc1ccc2sncc2c1. The van der Waals surface area contributed by atoms with E-state index in [1.54, 1.807) is 13.1 Å². The minimum absolute atomic E-state index is 0.275. The second-order valence-electron chi connectivity index (χ2n) is 5.65. The number of nitrogens with zero attached hydrogens (tertiary/aromatic N) is 2. The molecule has 22 heavy (non-hydrogen) atoms. The lowest BCUT2D eigenvalue weighted by Gasteiger charge is -2.03. The van der Waals surface area contributed by atoms with Crippen LogP contribution in [0, 0.1) is 12.8 Å². The third-order valence-electron chi connectivity index (χ3n) is 3.24. The van der Waals surface area contributed by atoms with Crippen LogP contribution in [0.5, 0.6) is 0 Å². The van der Waals surface area contributed by atoms with Crippen molar-refractivity contribution in [3.8, 4) is 0 Å². The summed E-state index contributed by atoms with van der Waals surface area (Å²) in [4.78, 5) is 16.7. The van der Waals surface area contributed by atoms with Gasteiger partial charge in [0, 0.05) is 23.7 Å². The summed E-state index contributed by atoms with van der Waals surface area (Å²) in [6.45, 7) is 5.96. The first-order valence-electron chi connectivity index (χ1n) is 7.15. The van der Waals surface area contributed by atoms with Gasteiger partial charge in [0.05, 0.1) is 10.4 Å². The van der Waals surface area contributed by atoms with Crippen molar-refractivity contribution in [1.82, 2.24) is 9.36 Å². The maximum Gasteiger partial charge on any atom is 0.293 e. The molecule has 0 aliphatic rings. The number of hydrogen-bond donors (Lipinski definition) is 1. The molecule has 0 radical (unpaired) electrons. The molecule has 2 heterocycles. The third kappa shape index (κ3) is 3.01. The standard InChI is InChI=1S/C16H17N3O2S/c1-9(2)6-14-18-10(3)15(21-14)16(20)19-12-4-5-13-11(7-12)8-17-22-13/h4-5,7-9H,6H2,1-3H3,(H,19,20). The maximum absolute atomic E-state index is 12.4. The van der Waals surface area contributed by atoms with Crippen molar-refractivity contribution >= 4 is 33.2 Å². The number of benzene rings is 1. The summed E-state index contributed by atoms with van der Waals surface area (Å²) in [7, 11) is 0. The Bertz CT molecular complexity index is 820. The van der Waals surface area contributed by atoms with E-state index in [0.717, 1.165) is 22.2 Å². The van der Waals surface area contributed by atoms with Gasteiger partial charge in [-0.1, -0.05) is 13.8 Å². The molecule has 0 fully saturated rings. The molecule has 5 nitrogen and oxygen atoms in total. The number of amides is 1. The van der Waals surface area contributed by atoms with Crippen molar-refractivity contribution in [2.45, 2.75) is 27.2 Å². The molecule has 0 saturated heterocycles. The molecule has 0 atom stereocenters. The number of fused-ring (bicyclic) bond motifs is 1. The third-order valence-corrected chi connectivity index (χ3v) is 4.02. The lowest BCUT2D eigenvalue weighted by molar-refractivity contribution is 0.0994. The number of aryl methyl sites for hydroxylation is 1. The zero-order valence-electron chi connectivity index (χ0n) is 12.7. The fraction of sp³-hybridized carbons (Fsp3) is 0.312. The van der Waals surface area contributed by atoms with Gasteiger partial charge in [0.1, 0.15) is 0 Å². The molecule has 1 N–H and O–H groups in total. The number of aromatic nitrogens is 2. The molecular weight excluding hydrogens is 298 g/mol. The first kappa shape index (κ1) is 14.7. The quantitative estimate of drug-likeness (QED) is 0.789. The fourth-order valence-electron chi connectivity index (χ4n) is 2.24. The summed E-state index contributed by atoms with van der Waals surface area (Å²) < 4.78 is 10.8. The zero-order valence-corrected chi connectivity index (χ0v) is 13.5. The van der Waals surface area contributed by atoms with Gasteiger partial charge in [-0.25, -0.2) is 4.98 Å². The molecule has 0 unspecified atom stereocenters. The monoisotopic (exact) mass is 315 g/mol. The summed E-state index contributed by atoms with van der Waals surface area (Å²) in [5.41, 5.74) is 1.34. The van der Waals surface area contributed by atoms with Gasteiger partial charge >= 0.3 is 0 Å². The molecule has 3 rings (SSSR count). The van der Waals surface area contributed by atoms with Crippen molar-refractivity contribution < 1.29 is 9.21 Å². The first-order valence-corrected chi connectivity index (χ1v) is 7.92. The topological polar surface area (TPSA) is 68.0 Å². The first-order chi connectivity index (χ1) is 10.5. The molecule has 0 aliphatic carbocycles. The van der Waals surface area contributed by atoms with Crippen LogP contribution in [0.2, 0.25) is 0 Å². The number of hydrogen-bond acceptors (Lipinski definition) is 5. The van der Waals surface area contributed by atoms with E-state index >= 15 is 0 Å². The Hall–Kier alpha value is -2.21. The molecule has 0 aliphatic heterocycles. The van der Waals surface area contributed by atoms with E-state index in [9.17, 15) is 4.79 Å². The van der Waals surface area contributed by atoms with Crippen LogP contribution in [0.4, 0.5) is 5.69 Å². The molecule has 6 heteroatoms. The van der Waals surface area contributed by atoms with Crippen LogP contribution < -0.4 is 5.32 Å². The van der Waals surface area contributed by atoms with Crippen molar-refractivity contribution in [2.75, 3.05) is 5.32 Å². The fourth-order valence-corrected chi connectivity index (χ4v) is 2.86. The van der Waals surface area contributed by atoms with Crippen LogP contribution in [-0.4, -0.2) is 15.3 Å². The van der Waals surface area contributed by atoms with Crippen molar-refractivity contribution in [2.24, 2.45) is 5.92 Å². The molecule has 0 saturated carbocycles. The number of anilines is 1. The van der Waals surface area contributed by atoms with Gasteiger partial charge in [-0.3, -0.25) is 4.79 Å². The number of carbonyl (C=O) groups is 1. The Kier molecular flexibility index (Phi) is 3.94. The van der Waals surface area contributed by atoms with E-state index < -0.39 is 0 Å². The Morgan fingerprint density at radius 2 is 2.23 bits per heavy atom. The second kappa shape index (κ2) is 5.88. The van der Waals surface area contributed by atoms with Crippen LogP contribution in [0.15, 0.2) is 28.8 Å². The average Bonchev–Trinajstić information content (AvgIpc) is 3.04. The number of rotatable bonds is 4. The summed E-state index contributed by atoms with van der Waals surface area (Å²) in [5, 5.41) is 3.86. The Balaban J connectivity index is 1.80. The zero-order chi connectivity index (χ0) is 15.7. The largest absolute Gasteiger partial charge is 0.435 e. The Morgan fingerprint density at radius 1 is 1.41 bits per heavy atom. The predicted molar refractivity (Wildman–Crippen MR) is 87.4 cm³/mol. The molecule has 0 spiro atoms. The number of oxazole rings is 1. The van der Waals surface area contributed by atoms with Gasteiger partial charge in [-0.05, 0) is 42.6 Å². The molecule has 3 aromatic rings. The molecular formula is C16H17N3O2S. The van der Waals surface area contributed by atoms with Crippen LogP contribution >= 0.6 is 11.5 Å². The minimum Gasteiger partial charge on any atom is -0.435 e. The smallest absolute Gasteiger partial charge is 0.293 e. The normalized spacial score (nSPS) is 11.3. The van der Waals surface area contributed by atoms with Gasteiger partial charge in [0.15, 0.2) is 5.89 Å². The van der Waals surface area contributed by atoms with Gasteiger partial charge < -0.3 is 9.73 Å². The van der Waals surface area contributed by atoms with E-state index in [1.807, 2.05) is 18.2 Å². The molecule has 0 bridgehead atoms. The van der Waals surface area contributed by atoms with Gasteiger partial charge in [0.2, 0.25) is 5.76 Å². The summed E-state index contributed by atoms with van der Waals surface area (Å²) >= 11 is 1.43. The highest BCUT2D eigenvalue weighted by molar-refractivity contribution is 7.13. The highest BCUT2D eigenvalue weighted by atomic mass is 32.1. The Morgan fingerprint density at radius 3 is 3.00 bits per heavy atom. The lowest BCUT2D eigenvalue weighted by Crippen LogP contribution is -2.12.